The second kappa shape index (κ2) is 5.50. The largest absolute Gasteiger partial charge is 0.300 e. The zero-order valence-electron chi connectivity index (χ0n) is 12.3. The predicted octanol–water partition coefficient (Wildman–Crippen LogP) is 2.70. The number of piperazine rings is 1. The molecule has 1 saturated carbocycles. The second-order valence-corrected chi connectivity index (χ2v) is 6.99. The second-order valence-electron chi connectivity index (χ2n) is 6.99. The van der Waals surface area contributed by atoms with Crippen LogP contribution in [-0.2, 0) is 0 Å². The molecule has 0 aromatic rings. The minimum Gasteiger partial charge on any atom is -0.300 e. The molecule has 20 heavy (non-hydrogen) atoms. The average Bonchev–Trinajstić information content (AvgIpc) is 3.12. The molecule has 2 bridgehead atoms. The molecule has 1 aliphatic heterocycles. The predicted molar refractivity (Wildman–Crippen MR) is 83.5 cm³/mol. The van der Waals surface area contributed by atoms with E-state index in [9.17, 15) is 0 Å². The Hall–Kier alpha value is -0.860. The van der Waals surface area contributed by atoms with Crippen molar-refractivity contribution in [3.05, 3.63) is 36.5 Å². The van der Waals surface area contributed by atoms with Crippen molar-refractivity contribution < 1.29 is 0 Å². The minimum atomic E-state index is 0.660. The lowest BCUT2D eigenvalue weighted by molar-refractivity contribution is 0.0962. The highest BCUT2D eigenvalue weighted by Crippen LogP contribution is 2.43. The lowest BCUT2D eigenvalue weighted by Gasteiger charge is -2.40. The first kappa shape index (κ1) is 12.8. The van der Waals surface area contributed by atoms with Crippen LogP contribution in [0.3, 0.4) is 0 Å². The molecule has 0 radical (unpaired) electrons. The standard InChI is InChI=1S/C18H26N2/c1-2-4-18(5-3-1)20-10-8-19(9-11-20)14-17-13-15-6-7-16(17)12-15/h1-4,6-7,15-18H,5,8-14H2. The number of allylic oxidation sites excluding steroid dienone is 4. The topological polar surface area (TPSA) is 6.48 Å². The normalized spacial score (nSPS) is 40.8. The molecule has 4 aliphatic rings. The number of hydrogen-bond donors (Lipinski definition) is 0. The van der Waals surface area contributed by atoms with Gasteiger partial charge in [0.25, 0.3) is 0 Å². The molecule has 0 N–H and O–H groups in total. The van der Waals surface area contributed by atoms with Crippen LogP contribution in [0, 0.1) is 17.8 Å². The zero-order valence-corrected chi connectivity index (χ0v) is 12.3. The highest BCUT2D eigenvalue weighted by Gasteiger charge is 2.36. The van der Waals surface area contributed by atoms with Gasteiger partial charge in [0.15, 0.2) is 0 Å². The number of rotatable bonds is 3. The van der Waals surface area contributed by atoms with E-state index in [4.69, 9.17) is 0 Å². The van der Waals surface area contributed by atoms with Gasteiger partial charge >= 0.3 is 0 Å². The fraction of sp³-hybridized carbons (Fsp3) is 0.667. The molecular weight excluding hydrogens is 244 g/mol. The zero-order chi connectivity index (χ0) is 13.4. The van der Waals surface area contributed by atoms with Crippen LogP contribution < -0.4 is 0 Å². The Labute approximate surface area is 122 Å². The molecule has 0 aromatic carbocycles. The fourth-order valence-electron chi connectivity index (χ4n) is 4.55. The minimum absolute atomic E-state index is 0.660. The third-order valence-electron chi connectivity index (χ3n) is 5.74. The van der Waals surface area contributed by atoms with Gasteiger partial charge in [-0.1, -0.05) is 36.5 Å². The summed E-state index contributed by atoms with van der Waals surface area (Å²) in [6.45, 7) is 6.38. The summed E-state index contributed by atoms with van der Waals surface area (Å²) in [7, 11) is 0. The highest BCUT2D eigenvalue weighted by atomic mass is 15.3. The Morgan fingerprint density at radius 2 is 1.80 bits per heavy atom. The van der Waals surface area contributed by atoms with Gasteiger partial charge < -0.3 is 4.90 Å². The van der Waals surface area contributed by atoms with E-state index >= 15 is 0 Å². The molecule has 4 atom stereocenters. The van der Waals surface area contributed by atoms with Crippen LogP contribution in [0.1, 0.15) is 19.3 Å². The molecule has 4 unspecified atom stereocenters. The van der Waals surface area contributed by atoms with Crippen molar-refractivity contribution in [1.82, 2.24) is 9.80 Å². The van der Waals surface area contributed by atoms with Crippen LogP contribution >= 0.6 is 0 Å². The molecule has 2 heteroatoms. The van der Waals surface area contributed by atoms with Crippen LogP contribution in [0.15, 0.2) is 36.5 Å². The van der Waals surface area contributed by atoms with Crippen molar-refractivity contribution in [2.75, 3.05) is 32.7 Å². The monoisotopic (exact) mass is 270 g/mol. The van der Waals surface area contributed by atoms with E-state index in [1.807, 2.05) is 0 Å². The first-order valence-corrected chi connectivity index (χ1v) is 8.36. The molecule has 2 fully saturated rings. The summed E-state index contributed by atoms with van der Waals surface area (Å²) >= 11 is 0. The summed E-state index contributed by atoms with van der Waals surface area (Å²) in [6, 6.07) is 0.660. The van der Waals surface area contributed by atoms with Crippen molar-refractivity contribution in [1.29, 1.82) is 0 Å². The van der Waals surface area contributed by atoms with E-state index in [1.165, 1.54) is 52.0 Å². The van der Waals surface area contributed by atoms with Gasteiger partial charge in [0, 0.05) is 38.8 Å². The molecule has 3 aliphatic carbocycles. The van der Waals surface area contributed by atoms with Gasteiger partial charge in [-0.05, 0) is 37.0 Å². The van der Waals surface area contributed by atoms with Gasteiger partial charge in [0.05, 0.1) is 0 Å². The molecule has 2 nitrogen and oxygen atoms in total. The Balaban J connectivity index is 1.26. The lowest BCUT2D eigenvalue weighted by Crippen LogP contribution is -2.51. The maximum absolute atomic E-state index is 2.72. The number of nitrogens with zero attached hydrogens (tertiary/aromatic N) is 2. The van der Waals surface area contributed by atoms with Crippen molar-refractivity contribution in [2.45, 2.75) is 25.3 Å². The smallest absolute Gasteiger partial charge is 0.0316 e. The van der Waals surface area contributed by atoms with E-state index in [2.05, 4.69) is 46.3 Å². The van der Waals surface area contributed by atoms with Gasteiger partial charge in [0.2, 0.25) is 0 Å². The van der Waals surface area contributed by atoms with Crippen molar-refractivity contribution in [3.8, 4) is 0 Å². The van der Waals surface area contributed by atoms with Crippen LogP contribution in [0.2, 0.25) is 0 Å². The molecule has 0 aromatic heterocycles. The van der Waals surface area contributed by atoms with E-state index in [-0.39, 0.29) is 0 Å². The molecular formula is C18H26N2. The highest BCUT2D eigenvalue weighted by molar-refractivity contribution is 5.14. The van der Waals surface area contributed by atoms with Crippen LogP contribution in [0.5, 0.6) is 0 Å². The van der Waals surface area contributed by atoms with Gasteiger partial charge in [-0.25, -0.2) is 0 Å². The summed E-state index contributed by atoms with van der Waals surface area (Å²) in [5.41, 5.74) is 0. The van der Waals surface area contributed by atoms with E-state index in [1.54, 1.807) is 0 Å². The van der Waals surface area contributed by atoms with Crippen molar-refractivity contribution in [2.24, 2.45) is 17.8 Å². The third kappa shape index (κ3) is 2.51. The fourth-order valence-corrected chi connectivity index (χ4v) is 4.55. The molecule has 0 spiro atoms. The van der Waals surface area contributed by atoms with Crippen LogP contribution in [0.25, 0.3) is 0 Å². The third-order valence-corrected chi connectivity index (χ3v) is 5.74. The Bertz CT molecular complexity index is 429. The Morgan fingerprint density at radius 1 is 0.900 bits per heavy atom. The van der Waals surface area contributed by atoms with Crippen molar-refractivity contribution >= 4 is 0 Å². The summed E-state index contributed by atoms with van der Waals surface area (Å²) in [4.78, 5) is 5.38. The molecule has 0 amide bonds. The first-order valence-electron chi connectivity index (χ1n) is 8.36. The molecule has 108 valence electrons. The number of fused-ring (bicyclic) bond motifs is 2. The SMILES string of the molecule is C1=CCC(N2CCN(CC3CC4C=CC3C4)CC2)C=C1. The van der Waals surface area contributed by atoms with Crippen LogP contribution in [-0.4, -0.2) is 48.6 Å². The maximum Gasteiger partial charge on any atom is 0.0316 e. The summed E-state index contributed by atoms with van der Waals surface area (Å²) in [5, 5.41) is 0. The van der Waals surface area contributed by atoms with Gasteiger partial charge in [-0.2, -0.15) is 0 Å². The summed E-state index contributed by atoms with van der Waals surface area (Å²) < 4.78 is 0. The van der Waals surface area contributed by atoms with Gasteiger partial charge in [0.1, 0.15) is 0 Å². The molecule has 1 saturated heterocycles. The number of hydrogen-bond acceptors (Lipinski definition) is 2. The van der Waals surface area contributed by atoms with Crippen LogP contribution in [0.4, 0.5) is 0 Å². The summed E-state index contributed by atoms with van der Waals surface area (Å²) in [6.07, 6.45) is 18.1. The average molecular weight is 270 g/mol. The maximum atomic E-state index is 2.72. The lowest BCUT2D eigenvalue weighted by atomic mass is 9.93. The van der Waals surface area contributed by atoms with E-state index < -0.39 is 0 Å². The van der Waals surface area contributed by atoms with Crippen molar-refractivity contribution in [3.63, 3.8) is 0 Å². The van der Waals surface area contributed by atoms with E-state index in [0.717, 1.165) is 17.8 Å². The Kier molecular flexibility index (Phi) is 3.53. The molecule has 1 heterocycles. The van der Waals surface area contributed by atoms with Gasteiger partial charge in [-0.15, -0.1) is 0 Å². The van der Waals surface area contributed by atoms with E-state index in [0.29, 0.717) is 6.04 Å². The first-order chi connectivity index (χ1) is 9.88. The molecule has 4 rings (SSSR count). The Morgan fingerprint density at radius 3 is 2.45 bits per heavy atom. The summed E-state index contributed by atoms with van der Waals surface area (Å²) in [5.74, 6) is 2.78. The quantitative estimate of drug-likeness (QED) is 0.728. The van der Waals surface area contributed by atoms with Gasteiger partial charge in [-0.3, -0.25) is 4.90 Å².